The Morgan fingerprint density at radius 3 is 1.21 bits per heavy atom. The van der Waals surface area contributed by atoms with E-state index in [4.69, 9.17) is 9.47 Å². The maximum atomic E-state index is 11.9. The van der Waals surface area contributed by atoms with Gasteiger partial charge in [-0.3, -0.25) is 40.9 Å². The van der Waals surface area contributed by atoms with Crippen LogP contribution in [-0.2, 0) is 32.0 Å². The first kappa shape index (κ1) is 31.1. The average molecular weight is 541 g/mol. The highest BCUT2D eigenvalue weighted by Gasteiger charge is 2.08. The van der Waals surface area contributed by atoms with Crippen molar-refractivity contribution in [1.29, 1.82) is 0 Å². The number of amides is 4. The van der Waals surface area contributed by atoms with E-state index in [-0.39, 0.29) is 37.9 Å². The molecule has 2 rings (SSSR count). The number of hydrogen-bond acceptors (Lipinski definition) is 6. The van der Waals surface area contributed by atoms with Crippen molar-refractivity contribution >= 4 is 23.6 Å². The number of unbranched alkanes of at least 4 members (excludes halogenated alkanes) is 4. The first-order valence-corrected chi connectivity index (χ1v) is 13.5. The van der Waals surface area contributed by atoms with E-state index < -0.39 is 11.8 Å². The molecule has 39 heavy (non-hydrogen) atoms. The smallest absolute Gasteiger partial charge is 0.276 e. The molecule has 0 aromatic heterocycles. The number of hydrogen-bond donors (Lipinski definition) is 4. The third-order valence-electron chi connectivity index (χ3n) is 5.89. The van der Waals surface area contributed by atoms with Gasteiger partial charge < -0.3 is 9.47 Å². The Hall–Kier alpha value is -4.08. The molecule has 0 saturated heterocycles. The molecule has 2 aromatic rings. The fourth-order valence-electron chi connectivity index (χ4n) is 3.52. The molecule has 0 radical (unpaired) electrons. The highest BCUT2D eigenvalue weighted by atomic mass is 16.5. The van der Waals surface area contributed by atoms with Gasteiger partial charge in [-0.1, -0.05) is 57.4 Å². The topological polar surface area (TPSA) is 135 Å². The molecule has 0 aliphatic carbocycles. The lowest BCUT2D eigenvalue weighted by molar-refractivity contribution is -0.130. The molecule has 10 nitrogen and oxygen atoms in total. The van der Waals surface area contributed by atoms with Crippen LogP contribution in [0.15, 0.2) is 48.5 Å². The van der Waals surface area contributed by atoms with Crippen molar-refractivity contribution < 1.29 is 28.7 Å². The third kappa shape index (κ3) is 13.9. The molecule has 0 atom stereocenters. The normalized spacial score (nSPS) is 10.3. The van der Waals surface area contributed by atoms with Gasteiger partial charge in [-0.2, -0.15) is 0 Å². The summed E-state index contributed by atoms with van der Waals surface area (Å²) in [6.07, 6.45) is 6.30. The second-order valence-corrected chi connectivity index (χ2v) is 9.03. The molecule has 0 saturated carbocycles. The lowest BCUT2D eigenvalue weighted by atomic mass is 10.1. The van der Waals surface area contributed by atoms with Gasteiger partial charge in [0.1, 0.15) is 11.5 Å². The summed E-state index contributed by atoms with van der Waals surface area (Å²) in [4.78, 5) is 47.4. The van der Waals surface area contributed by atoms with Gasteiger partial charge in [0.2, 0.25) is 11.8 Å². The van der Waals surface area contributed by atoms with E-state index in [0.29, 0.717) is 24.3 Å². The van der Waals surface area contributed by atoms with Crippen LogP contribution in [-0.4, -0.2) is 36.8 Å². The summed E-state index contributed by atoms with van der Waals surface area (Å²) in [5.74, 6) is -0.233. The molecular formula is C29H40N4O6. The number of aryl methyl sites for hydroxylation is 2. The van der Waals surface area contributed by atoms with Crippen LogP contribution in [0.25, 0.3) is 0 Å². The molecule has 10 heteroatoms. The van der Waals surface area contributed by atoms with Crippen molar-refractivity contribution in [3.8, 4) is 11.5 Å². The summed E-state index contributed by atoms with van der Waals surface area (Å²) < 4.78 is 10.8. The van der Waals surface area contributed by atoms with Crippen molar-refractivity contribution in [2.45, 2.75) is 71.6 Å². The van der Waals surface area contributed by atoms with Crippen molar-refractivity contribution in [2.75, 3.05) is 13.2 Å². The Morgan fingerprint density at radius 1 is 0.513 bits per heavy atom. The third-order valence-corrected chi connectivity index (χ3v) is 5.89. The van der Waals surface area contributed by atoms with Crippen LogP contribution in [0.5, 0.6) is 11.5 Å². The first-order chi connectivity index (χ1) is 18.9. The minimum Gasteiger partial charge on any atom is -0.484 e. The Bertz CT molecular complexity index is 957. The zero-order chi connectivity index (χ0) is 28.3. The van der Waals surface area contributed by atoms with Gasteiger partial charge in [0.15, 0.2) is 13.2 Å². The minimum atomic E-state index is -0.438. The summed E-state index contributed by atoms with van der Waals surface area (Å²) in [7, 11) is 0. The van der Waals surface area contributed by atoms with Gasteiger partial charge in [0, 0.05) is 12.8 Å². The molecule has 0 aliphatic rings. The Kier molecular flexibility index (Phi) is 14.5. The zero-order valence-corrected chi connectivity index (χ0v) is 22.8. The van der Waals surface area contributed by atoms with Crippen LogP contribution in [0.4, 0.5) is 0 Å². The van der Waals surface area contributed by atoms with E-state index in [1.807, 2.05) is 24.3 Å². The summed E-state index contributed by atoms with van der Waals surface area (Å²) in [5.41, 5.74) is 11.8. The van der Waals surface area contributed by atoms with Gasteiger partial charge in [0.25, 0.3) is 11.8 Å². The van der Waals surface area contributed by atoms with E-state index in [9.17, 15) is 19.2 Å². The van der Waals surface area contributed by atoms with E-state index in [2.05, 4.69) is 35.6 Å². The van der Waals surface area contributed by atoms with Crippen molar-refractivity contribution in [3.05, 3.63) is 59.7 Å². The molecule has 4 N–H and O–H groups in total. The van der Waals surface area contributed by atoms with Crippen LogP contribution in [0.1, 0.15) is 69.9 Å². The molecule has 0 aliphatic heterocycles. The molecule has 2 aromatic carbocycles. The van der Waals surface area contributed by atoms with Crippen LogP contribution in [0.3, 0.4) is 0 Å². The van der Waals surface area contributed by atoms with Crippen LogP contribution < -0.4 is 31.2 Å². The van der Waals surface area contributed by atoms with Gasteiger partial charge in [-0.05, 0) is 61.1 Å². The highest BCUT2D eigenvalue weighted by molar-refractivity contribution is 5.83. The summed E-state index contributed by atoms with van der Waals surface area (Å²) >= 11 is 0. The first-order valence-electron chi connectivity index (χ1n) is 13.5. The minimum absolute atomic E-state index is 0.190. The fraction of sp³-hybridized carbons (Fsp3) is 0.448. The average Bonchev–Trinajstić information content (AvgIpc) is 2.96. The van der Waals surface area contributed by atoms with Crippen molar-refractivity contribution in [1.82, 2.24) is 21.7 Å². The van der Waals surface area contributed by atoms with Crippen LogP contribution >= 0.6 is 0 Å². The lowest BCUT2D eigenvalue weighted by Crippen LogP contribution is -2.43. The predicted octanol–water partition coefficient (Wildman–Crippen LogP) is 3.29. The summed E-state index contributed by atoms with van der Waals surface area (Å²) in [5, 5.41) is 0. The van der Waals surface area contributed by atoms with Gasteiger partial charge in [-0.15, -0.1) is 0 Å². The Labute approximate surface area is 230 Å². The predicted molar refractivity (Wildman–Crippen MR) is 148 cm³/mol. The van der Waals surface area contributed by atoms with Crippen molar-refractivity contribution in [3.63, 3.8) is 0 Å². The van der Waals surface area contributed by atoms with Crippen LogP contribution in [0, 0.1) is 0 Å². The van der Waals surface area contributed by atoms with Crippen LogP contribution in [0.2, 0.25) is 0 Å². The maximum absolute atomic E-state index is 11.9. The Balaban J connectivity index is 1.42. The zero-order valence-electron chi connectivity index (χ0n) is 22.8. The quantitative estimate of drug-likeness (QED) is 0.191. The monoisotopic (exact) mass is 540 g/mol. The van der Waals surface area contributed by atoms with Gasteiger partial charge in [-0.25, -0.2) is 0 Å². The molecule has 0 unspecified atom stereocenters. The molecular weight excluding hydrogens is 500 g/mol. The van der Waals surface area contributed by atoms with Crippen molar-refractivity contribution in [2.24, 2.45) is 0 Å². The van der Waals surface area contributed by atoms with E-state index in [1.165, 1.54) is 11.1 Å². The highest BCUT2D eigenvalue weighted by Crippen LogP contribution is 2.13. The maximum Gasteiger partial charge on any atom is 0.276 e. The number of hydrazine groups is 2. The van der Waals surface area contributed by atoms with E-state index >= 15 is 0 Å². The lowest BCUT2D eigenvalue weighted by Gasteiger charge is -2.09. The summed E-state index contributed by atoms with van der Waals surface area (Å²) in [6, 6.07) is 15.0. The second kappa shape index (κ2) is 18.2. The molecule has 212 valence electrons. The molecule has 0 fully saturated rings. The standard InChI is InChI=1S/C29H40N4O6/c1-3-22-12-16-24(17-13-22)38-20-28(36)32-30-26(34)10-8-6-5-7-9-11-27(35)31-33-29(37)21-39-25-18-14-23(4-2)15-19-25/h12-19H,3-11,20-21H2,1-2H3,(H,30,34)(H,31,35)(H,32,36)(H,33,37). The molecule has 0 heterocycles. The second-order valence-electron chi connectivity index (χ2n) is 9.03. The number of carbonyl (C=O) groups excluding carboxylic acids is 4. The van der Waals surface area contributed by atoms with E-state index in [0.717, 1.165) is 32.1 Å². The number of nitrogens with one attached hydrogen (secondary N) is 4. The number of carbonyl (C=O) groups is 4. The SMILES string of the molecule is CCc1ccc(OCC(=O)NNC(=O)CCCCCCCC(=O)NNC(=O)COc2ccc(CC)cc2)cc1. The number of ether oxygens (including phenoxy) is 2. The van der Waals surface area contributed by atoms with Gasteiger partial charge in [0.05, 0.1) is 0 Å². The van der Waals surface area contributed by atoms with Gasteiger partial charge >= 0.3 is 0 Å². The van der Waals surface area contributed by atoms with E-state index in [1.54, 1.807) is 24.3 Å². The fourth-order valence-corrected chi connectivity index (χ4v) is 3.52. The largest absolute Gasteiger partial charge is 0.484 e. The molecule has 4 amide bonds. The Morgan fingerprint density at radius 2 is 0.846 bits per heavy atom. The summed E-state index contributed by atoms with van der Waals surface area (Å²) in [6.45, 7) is 3.74. The molecule has 0 bridgehead atoms. The number of benzene rings is 2. The number of rotatable bonds is 16. The molecule has 0 spiro atoms.